The molecule has 0 aliphatic heterocycles. The van der Waals surface area contributed by atoms with E-state index in [1.54, 1.807) is 13.2 Å². The average molecular weight is 311 g/mol. The third-order valence-corrected chi connectivity index (χ3v) is 3.49. The van der Waals surface area contributed by atoms with Crippen LogP contribution in [0.1, 0.15) is 13.8 Å². The van der Waals surface area contributed by atoms with Crippen LogP contribution in [0.25, 0.3) is 22.2 Å². The second-order valence-corrected chi connectivity index (χ2v) is 5.57. The Morgan fingerprint density at radius 3 is 2.48 bits per heavy atom. The van der Waals surface area contributed by atoms with Gasteiger partial charge in [-0.05, 0) is 50.2 Å². The molecule has 1 heterocycles. The summed E-state index contributed by atoms with van der Waals surface area (Å²) in [6.07, 6.45) is -0.0680. The molecule has 4 heteroatoms. The standard InChI is InChI=1S/C19H18FNO2/c1-12(2)23-19-9-6-14(10-16(19)20)17-8-5-13-4-7-15(22-3)11-18(13)21-17/h4-12H,1-3H3. The summed E-state index contributed by atoms with van der Waals surface area (Å²) in [7, 11) is 1.62. The SMILES string of the molecule is COc1ccc2ccc(-c3ccc(OC(C)C)c(F)c3)nc2c1. The van der Waals surface area contributed by atoms with Gasteiger partial charge in [0.25, 0.3) is 0 Å². The van der Waals surface area contributed by atoms with E-state index in [0.29, 0.717) is 11.3 Å². The van der Waals surface area contributed by atoms with Gasteiger partial charge in [0.05, 0.1) is 24.4 Å². The van der Waals surface area contributed by atoms with Crippen molar-refractivity contribution < 1.29 is 13.9 Å². The second-order valence-electron chi connectivity index (χ2n) is 5.57. The normalized spacial score (nSPS) is 11.0. The molecule has 0 N–H and O–H groups in total. The average Bonchev–Trinajstić information content (AvgIpc) is 2.55. The molecule has 0 saturated heterocycles. The Balaban J connectivity index is 2.00. The maximum atomic E-state index is 14.2. The van der Waals surface area contributed by atoms with Crippen molar-refractivity contribution in [2.24, 2.45) is 0 Å². The van der Waals surface area contributed by atoms with Crippen LogP contribution in [0, 0.1) is 5.82 Å². The second kappa shape index (κ2) is 6.24. The Labute approximate surface area is 134 Å². The molecule has 3 aromatic rings. The first kappa shape index (κ1) is 15.3. The summed E-state index contributed by atoms with van der Waals surface area (Å²) >= 11 is 0. The Bertz CT molecular complexity index is 846. The third-order valence-electron chi connectivity index (χ3n) is 3.49. The zero-order valence-electron chi connectivity index (χ0n) is 13.3. The number of fused-ring (bicyclic) bond motifs is 1. The molecule has 0 amide bonds. The van der Waals surface area contributed by atoms with Crippen LogP contribution < -0.4 is 9.47 Å². The Morgan fingerprint density at radius 1 is 1.00 bits per heavy atom. The molecule has 0 aliphatic carbocycles. The van der Waals surface area contributed by atoms with Gasteiger partial charge in [-0.3, -0.25) is 0 Å². The van der Waals surface area contributed by atoms with Gasteiger partial charge in [0, 0.05) is 17.0 Å². The molecule has 23 heavy (non-hydrogen) atoms. The van der Waals surface area contributed by atoms with E-state index < -0.39 is 0 Å². The number of hydrogen-bond donors (Lipinski definition) is 0. The minimum Gasteiger partial charge on any atom is -0.497 e. The van der Waals surface area contributed by atoms with E-state index in [1.165, 1.54) is 6.07 Å². The Kier molecular flexibility index (Phi) is 4.15. The predicted octanol–water partition coefficient (Wildman–Crippen LogP) is 4.84. The fourth-order valence-electron chi connectivity index (χ4n) is 2.39. The molecule has 0 aliphatic rings. The highest BCUT2D eigenvalue weighted by molar-refractivity contribution is 5.82. The molecule has 0 atom stereocenters. The van der Waals surface area contributed by atoms with Crippen LogP contribution in [-0.4, -0.2) is 18.2 Å². The molecule has 0 bridgehead atoms. The van der Waals surface area contributed by atoms with Crippen molar-refractivity contribution >= 4 is 10.9 Å². The van der Waals surface area contributed by atoms with Crippen LogP contribution in [-0.2, 0) is 0 Å². The van der Waals surface area contributed by atoms with Gasteiger partial charge in [-0.15, -0.1) is 0 Å². The predicted molar refractivity (Wildman–Crippen MR) is 89.5 cm³/mol. The van der Waals surface area contributed by atoms with E-state index in [4.69, 9.17) is 9.47 Å². The van der Waals surface area contributed by atoms with Gasteiger partial charge in [-0.1, -0.05) is 6.07 Å². The minimum atomic E-state index is -0.385. The lowest BCUT2D eigenvalue weighted by molar-refractivity contribution is 0.231. The van der Waals surface area contributed by atoms with Gasteiger partial charge >= 0.3 is 0 Å². The van der Waals surface area contributed by atoms with Crippen molar-refractivity contribution in [3.63, 3.8) is 0 Å². The Hall–Kier alpha value is -2.62. The highest BCUT2D eigenvalue weighted by atomic mass is 19.1. The third kappa shape index (κ3) is 3.26. The van der Waals surface area contributed by atoms with Crippen molar-refractivity contribution in [2.45, 2.75) is 20.0 Å². The smallest absolute Gasteiger partial charge is 0.165 e. The van der Waals surface area contributed by atoms with Crippen molar-refractivity contribution in [3.8, 4) is 22.8 Å². The summed E-state index contributed by atoms with van der Waals surface area (Å²) in [4.78, 5) is 4.60. The quantitative estimate of drug-likeness (QED) is 0.691. The Morgan fingerprint density at radius 2 is 1.78 bits per heavy atom. The number of methoxy groups -OCH3 is 1. The molecule has 3 rings (SSSR count). The molecule has 118 valence electrons. The zero-order chi connectivity index (χ0) is 16.4. The van der Waals surface area contributed by atoms with E-state index in [2.05, 4.69) is 4.98 Å². The number of halogens is 1. The van der Waals surface area contributed by atoms with Gasteiger partial charge in [0.15, 0.2) is 11.6 Å². The van der Waals surface area contributed by atoms with E-state index in [0.717, 1.165) is 16.7 Å². The molecular weight excluding hydrogens is 293 g/mol. The maximum absolute atomic E-state index is 14.2. The molecule has 0 radical (unpaired) electrons. The van der Waals surface area contributed by atoms with Crippen LogP contribution >= 0.6 is 0 Å². The van der Waals surface area contributed by atoms with Gasteiger partial charge in [0.2, 0.25) is 0 Å². The molecule has 0 fully saturated rings. The summed E-state index contributed by atoms with van der Waals surface area (Å²) in [5.41, 5.74) is 2.23. The molecule has 0 spiro atoms. The molecule has 0 unspecified atom stereocenters. The van der Waals surface area contributed by atoms with Crippen LogP contribution in [0.15, 0.2) is 48.5 Å². The number of rotatable bonds is 4. The van der Waals surface area contributed by atoms with Gasteiger partial charge in [-0.25, -0.2) is 9.37 Å². The maximum Gasteiger partial charge on any atom is 0.165 e. The lowest BCUT2D eigenvalue weighted by atomic mass is 10.1. The zero-order valence-corrected chi connectivity index (χ0v) is 13.3. The molecule has 1 aromatic heterocycles. The fourth-order valence-corrected chi connectivity index (χ4v) is 2.39. The first-order valence-corrected chi connectivity index (χ1v) is 7.48. The minimum absolute atomic E-state index is 0.0680. The monoisotopic (exact) mass is 311 g/mol. The number of aromatic nitrogens is 1. The first-order valence-electron chi connectivity index (χ1n) is 7.48. The van der Waals surface area contributed by atoms with E-state index in [9.17, 15) is 4.39 Å². The van der Waals surface area contributed by atoms with Crippen molar-refractivity contribution in [1.82, 2.24) is 4.98 Å². The number of pyridine rings is 1. The summed E-state index contributed by atoms with van der Waals surface area (Å²) in [6, 6.07) is 14.5. The van der Waals surface area contributed by atoms with Crippen LogP contribution in [0.4, 0.5) is 4.39 Å². The molecule has 3 nitrogen and oxygen atoms in total. The van der Waals surface area contributed by atoms with E-state index in [-0.39, 0.29) is 17.7 Å². The van der Waals surface area contributed by atoms with Gasteiger partial charge < -0.3 is 9.47 Å². The van der Waals surface area contributed by atoms with Crippen LogP contribution in [0.3, 0.4) is 0 Å². The van der Waals surface area contributed by atoms with Crippen molar-refractivity contribution in [2.75, 3.05) is 7.11 Å². The fraction of sp³-hybridized carbons (Fsp3) is 0.211. The van der Waals surface area contributed by atoms with Crippen LogP contribution in [0.5, 0.6) is 11.5 Å². The van der Waals surface area contributed by atoms with Crippen molar-refractivity contribution in [1.29, 1.82) is 0 Å². The van der Waals surface area contributed by atoms with Gasteiger partial charge in [-0.2, -0.15) is 0 Å². The molecule has 2 aromatic carbocycles. The largest absolute Gasteiger partial charge is 0.497 e. The summed E-state index contributed by atoms with van der Waals surface area (Å²) in [5.74, 6) is 0.615. The number of ether oxygens (including phenoxy) is 2. The summed E-state index contributed by atoms with van der Waals surface area (Å²) in [6.45, 7) is 3.73. The lowest BCUT2D eigenvalue weighted by Crippen LogP contribution is -2.06. The summed E-state index contributed by atoms with van der Waals surface area (Å²) in [5, 5.41) is 1.01. The topological polar surface area (TPSA) is 31.4 Å². The highest BCUT2D eigenvalue weighted by Gasteiger charge is 2.09. The first-order chi connectivity index (χ1) is 11.1. The number of hydrogen-bond acceptors (Lipinski definition) is 3. The number of benzene rings is 2. The molecular formula is C19H18FNO2. The molecule has 0 saturated carbocycles. The van der Waals surface area contributed by atoms with Crippen molar-refractivity contribution in [3.05, 3.63) is 54.3 Å². The van der Waals surface area contributed by atoms with E-state index >= 15 is 0 Å². The highest BCUT2D eigenvalue weighted by Crippen LogP contribution is 2.27. The van der Waals surface area contributed by atoms with Crippen LogP contribution in [0.2, 0.25) is 0 Å². The van der Waals surface area contributed by atoms with Gasteiger partial charge in [0.1, 0.15) is 5.75 Å². The van der Waals surface area contributed by atoms with E-state index in [1.807, 2.05) is 50.2 Å². The number of nitrogens with zero attached hydrogens (tertiary/aromatic N) is 1. The summed E-state index contributed by atoms with van der Waals surface area (Å²) < 4.78 is 24.8. The lowest BCUT2D eigenvalue weighted by Gasteiger charge is -2.11.